The van der Waals surface area contributed by atoms with Gasteiger partial charge in [0.15, 0.2) is 0 Å². The number of hydrogen-bond donors (Lipinski definition) is 1. The Kier molecular flexibility index (Phi) is 3.57. The van der Waals surface area contributed by atoms with Crippen molar-refractivity contribution in [3.8, 4) is 0 Å². The zero-order valence-electron chi connectivity index (χ0n) is 7.40. The smallest absolute Gasteiger partial charge is 0.331 e. The molecule has 0 aliphatic rings. The summed E-state index contributed by atoms with van der Waals surface area (Å²) in [5.41, 5.74) is 0.370. The second-order valence-corrected chi connectivity index (χ2v) is 4.72. The minimum absolute atomic E-state index is 0.370. The fourth-order valence-electron chi connectivity index (χ4n) is 0.797. The van der Waals surface area contributed by atoms with Crippen LogP contribution in [0.15, 0.2) is 21.9 Å². The summed E-state index contributed by atoms with van der Waals surface area (Å²) in [6.07, 6.45) is 3.69. The summed E-state index contributed by atoms with van der Waals surface area (Å²) in [5, 5.41) is 8.64. The van der Waals surface area contributed by atoms with Crippen LogP contribution in [0.4, 0.5) is 0 Å². The minimum Gasteiger partial charge on any atom is -0.478 e. The molecule has 0 fully saturated rings. The third-order valence-corrected chi connectivity index (χ3v) is 3.61. The van der Waals surface area contributed by atoms with Gasteiger partial charge in [-0.05, 0) is 31.4 Å². The molecule has 0 aliphatic heterocycles. The fourth-order valence-corrected chi connectivity index (χ4v) is 2.36. The first-order chi connectivity index (χ1) is 6.13. The molecule has 0 atom stereocenters. The van der Waals surface area contributed by atoms with Crippen LogP contribution in [0.1, 0.15) is 11.8 Å². The molecule has 1 rings (SSSR count). The molecule has 1 heterocycles. The van der Waals surface area contributed by atoms with Gasteiger partial charge >= 0.3 is 5.97 Å². The summed E-state index contributed by atoms with van der Waals surface area (Å²) >= 11 is 3.27. The molecule has 0 radical (unpaired) electrons. The van der Waals surface area contributed by atoms with E-state index in [9.17, 15) is 4.79 Å². The maximum atomic E-state index is 10.5. The normalized spacial score (nSPS) is 11.7. The first kappa shape index (κ1) is 10.3. The minimum atomic E-state index is -0.862. The Morgan fingerprint density at radius 3 is 2.77 bits per heavy atom. The van der Waals surface area contributed by atoms with Crippen molar-refractivity contribution >= 4 is 35.1 Å². The van der Waals surface area contributed by atoms with Gasteiger partial charge in [0, 0.05) is 10.5 Å². The Labute approximate surface area is 85.3 Å². The molecule has 0 aliphatic carbocycles. The van der Waals surface area contributed by atoms with E-state index >= 15 is 0 Å². The van der Waals surface area contributed by atoms with Crippen LogP contribution in [0, 0.1) is 0 Å². The molecule has 0 spiro atoms. The largest absolute Gasteiger partial charge is 0.478 e. The highest BCUT2D eigenvalue weighted by molar-refractivity contribution is 8.00. The standard InChI is InChI=1S/C9H10O2S2/c1-6(9(10)11)5-7-3-4-8(12-2)13-7/h3-5H,1-2H3,(H,10,11). The summed E-state index contributed by atoms with van der Waals surface area (Å²) in [4.78, 5) is 11.5. The molecule has 2 nitrogen and oxygen atoms in total. The molecule has 13 heavy (non-hydrogen) atoms. The number of hydrogen-bond acceptors (Lipinski definition) is 3. The maximum Gasteiger partial charge on any atom is 0.331 e. The van der Waals surface area contributed by atoms with Crippen LogP contribution in [0.2, 0.25) is 0 Å². The van der Waals surface area contributed by atoms with Crippen LogP contribution in [0.3, 0.4) is 0 Å². The lowest BCUT2D eigenvalue weighted by Crippen LogP contribution is -1.94. The third-order valence-electron chi connectivity index (χ3n) is 1.50. The van der Waals surface area contributed by atoms with E-state index < -0.39 is 5.97 Å². The number of carboxylic acid groups (broad SMARTS) is 1. The Balaban J connectivity index is 2.84. The maximum absolute atomic E-state index is 10.5. The summed E-state index contributed by atoms with van der Waals surface area (Å²) in [6.45, 7) is 1.60. The van der Waals surface area contributed by atoms with Crippen LogP contribution in [-0.4, -0.2) is 17.3 Å². The van der Waals surface area contributed by atoms with E-state index in [1.807, 2.05) is 18.4 Å². The SMILES string of the molecule is CSc1ccc(C=C(C)C(=O)O)s1. The highest BCUT2D eigenvalue weighted by atomic mass is 32.2. The molecule has 0 unspecified atom stereocenters. The first-order valence-corrected chi connectivity index (χ1v) is 5.73. The first-order valence-electron chi connectivity index (χ1n) is 3.69. The van der Waals surface area contributed by atoms with E-state index in [4.69, 9.17) is 5.11 Å². The van der Waals surface area contributed by atoms with Gasteiger partial charge in [-0.15, -0.1) is 23.1 Å². The number of carbonyl (C=O) groups is 1. The van der Waals surface area contributed by atoms with Crippen molar-refractivity contribution in [3.05, 3.63) is 22.6 Å². The highest BCUT2D eigenvalue weighted by Gasteiger charge is 2.01. The van der Waals surface area contributed by atoms with Gasteiger partial charge in [-0.25, -0.2) is 4.79 Å². The van der Waals surface area contributed by atoms with Gasteiger partial charge in [0.05, 0.1) is 4.21 Å². The molecule has 70 valence electrons. The van der Waals surface area contributed by atoms with Crippen molar-refractivity contribution in [2.75, 3.05) is 6.26 Å². The van der Waals surface area contributed by atoms with Gasteiger partial charge in [-0.2, -0.15) is 0 Å². The van der Waals surface area contributed by atoms with Crippen LogP contribution < -0.4 is 0 Å². The molecule has 1 N–H and O–H groups in total. The van der Waals surface area contributed by atoms with E-state index in [1.54, 1.807) is 36.1 Å². The molecule has 1 aromatic heterocycles. The molecule has 4 heteroatoms. The zero-order chi connectivity index (χ0) is 9.84. The number of rotatable bonds is 3. The lowest BCUT2D eigenvalue weighted by atomic mass is 10.2. The molecule has 0 bridgehead atoms. The molecule has 0 saturated carbocycles. The van der Waals surface area contributed by atoms with Gasteiger partial charge < -0.3 is 5.11 Å². The van der Waals surface area contributed by atoms with Crippen molar-refractivity contribution < 1.29 is 9.90 Å². The average Bonchev–Trinajstić information content (AvgIpc) is 2.52. The van der Waals surface area contributed by atoms with Crippen molar-refractivity contribution in [1.29, 1.82) is 0 Å². The molecular formula is C9H10O2S2. The van der Waals surface area contributed by atoms with Crippen molar-refractivity contribution in [1.82, 2.24) is 0 Å². The summed E-state index contributed by atoms with van der Waals surface area (Å²) in [6, 6.07) is 3.93. The predicted molar refractivity (Wildman–Crippen MR) is 57.4 cm³/mol. The van der Waals surface area contributed by atoms with E-state index in [0.29, 0.717) is 5.57 Å². The number of carboxylic acids is 1. The predicted octanol–water partition coefficient (Wildman–Crippen LogP) is 2.96. The van der Waals surface area contributed by atoms with Gasteiger partial charge in [-0.1, -0.05) is 0 Å². The van der Waals surface area contributed by atoms with Crippen LogP contribution in [-0.2, 0) is 4.79 Å². The van der Waals surface area contributed by atoms with Gasteiger partial charge in [0.1, 0.15) is 0 Å². The van der Waals surface area contributed by atoms with Crippen molar-refractivity contribution in [2.45, 2.75) is 11.1 Å². The Morgan fingerprint density at radius 1 is 1.62 bits per heavy atom. The zero-order valence-corrected chi connectivity index (χ0v) is 9.04. The highest BCUT2D eigenvalue weighted by Crippen LogP contribution is 2.26. The molecule has 0 amide bonds. The molecule has 0 saturated heterocycles. The second-order valence-electron chi connectivity index (χ2n) is 2.49. The molecule has 1 aromatic rings. The van der Waals surface area contributed by atoms with Crippen LogP contribution in [0.5, 0.6) is 0 Å². The van der Waals surface area contributed by atoms with Gasteiger partial charge in [0.25, 0.3) is 0 Å². The second kappa shape index (κ2) is 4.48. The van der Waals surface area contributed by atoms with Crippen LogP contribution >= 0.6 is 23.1 Å². The van der Waals surface area contributed by atoms with Crippen molar-refractivity contribution in [2.24, 2.45) is 0 Å². The average molecular weight is 214 g/mol. The van der Waals surface area contributed by atoms with E-state index in [1.165, 1.54) is 4.21 Å². The Morgan fingerprint density at radius 2 is 2.31 bits per heavy atom. The Hall–Kier alpha value is -0.740. The lowest BCUT2D eigenvalue weighted by Gasteiger charge is -1.90. The third kappa shape index (κ3) is 2.90. The van der Waals surface area contributed by atoms with Gasteiger partial charge in [-0.3, -0.25) is 0 Å². The number of aliphatic carboxylic acids is 1. The topological polar surface area (TPSA) is 37.3 Å². The molecule has 0 aromatic carbocycles. The molecular weight excluding hydrogens is 204 g/mol. The Bertz CT molecular complexity index is 339. The quantitative estimate of drug-likeness (QED) is 0.621. The van der Waals surface area contributed by atoms with E-state index in [0.717, 1.165) is 4.88 Å². The van der Waals surface area contributed by atoms with Crippen LogP contribution in [0.25, 0.3) is 6.08 Å². The number of thioether (sulfide) groups is 1. The summed E-state index contributed by atoms with van der Waals surface area (Å²) in [5.74, 6) is -0.862. The van der Waals surface area contributed by atoms with E-state index in [-0.39, 0.29) is 0 Å². The van der Waals surface area contributed by atoms with E-state index in [2.05, 4.69) is 0 Å². The lowest BCUT2D eigenvalue weighted by molar-refractivity contribution is -0.132. The number of thiophene rings is 1. The van der Waals surface area contributed by atoms with Crippen molar-refractivity contribution in [3.63, 3.8) is 0 Å². The summed E-state index contributed by atoms with van der Waals surface area (Å²) < 4.78 is 1.20. The van der Waals surface area contributed by atoms with Gasteiger partial charge in [0.2, 0.25) is 0 Å². The summed E-state index contributed by atoms with van der Waals surface area (Å²) in [7, 11) is 0. The fraction of sp³-hybridized carbons (Fsp3) is 0.222. The monoisotopic (exact) mass is 214 g/mol.